The third-order valence-corrected chi connectivity index (χ3v) is 2.92. The van der Waals surface area contributed by atoms with Crippen LogP contribution in [0.4, 0.5) is 0 Å². The van der Waals surface area contributed by atoms with Crippen LogP contribution in [-0.2, 0) is 0 Å². The molecule has 0 radical (unpaired) electrons. The Morgan fingerprint density at radius 3 is 3.00 bits per heavy atom. The second kappa shape index (κ2) is 3.65. The quantitative estimate of drug-likeness (QED) is 0.827. The fraction of sp³-hybridized carbons (Fsp3) is 0.444. The molecule has 0 aliphatic carbocycles. The maximum Gasteiger partial charge on any atom is 0.193 e. The van der Waals surface area contributed by atoms with Crippen LogP contribution >= 0.6 is 15.9 Å². The first-order valence-electron chi connectivity index (χ1n) is 4.59. The fourth-order valence-electron chi connectivity index (χ4n) is 1.33. The van der Waals surface area contributed by atoms with Crippen molar-refractivity contribution in [2.24, 2.45) is 0 Å². The second-order valence-corrected chi connectivity index (χ2v) is 4.03. The first kappa shape index (κ1) is 9.58. The van der Waals surface area contributed by atoms with Crippen LogP contribution < -0.4 is 0 Å². The Hall–Kier alpha value is -0.970. The van der Waals surface area contributed by atoms with Crippen molar-refractivity contribution < 1.29 is 0 Å². The highest BCUT2D eigenvalue weighted by Gasteiger charge is 2.12. The number of hydrogen-bond acceptors (Lipinski definition) is 3. The molecular weight excluding hydrogens is 244 g/mol. The number of hydrogen-bond donors (Lipinski definition) is 0. The van der Waals surface area contributed by atoms with Gasteiger partial charge in [-0.15, -0.1) is 10.2 Å². The standard InChI is InChI=1S/C9H11BrN4/c1-3-6(2)8-12-13-9-7(10)11-4-5-14(8)9/h4-6H,3H2,1-2H3. The van der Waals surface area contributed by atoms with Crippen molar-refractivity contribution in [1.29, 1.82) is 0 Å². The molecule has 2 aromatic heterocycles. The van der Waals surface area contributed by atoms with Crippen molar-refractivity contribution in [3.8, 4) is 0 Å². The van der Waals surface area contributed by atoms with E-state index in [4.69, 9.17) is 0 Å². The highest BCUT2D eigenvalue weighted by molar-refractivity contribution is 9.10. The summed E-state index contributed by atoms with van der Waals surface area (Å²) in [6, 6.07) is 0. The summed E-state index contributed by atoms with van der Waals surface area (Å²) in [4.78, 5) is 4.10. The van der Waals surface area contributed by atoms with E-state index in [2.05, 4.69) is 45.0 Å². The molecule has 2 rings (SSSR count). The van der Waals surface area contributed by atoms with Crippen LogP contribution in [0, 0.1) is 0 Å². The largest absolute Gasteiger partial charge is 0.282 e. The van der Waals surface area contributed by atoms with Gasteiger partial charge in [0.15, 0.2) is 10.3 Å². The van der Waals surface area contributed by atoms with Gasteiger partial charge in [0.05, 0.1) is 0 Å². The van der Waals surface area contributed by atoms with Gasteiger partial charge < -0.3 is 0 Å². The average Bonchev–Trinajstić information content (AvgIpc) is 2.62. The predicted octanol–water partition coefficient (Wildman–Crippen LogP) is 2.40. The van der Waals surface area contributed by atoms with Crippen LogP contribution in [0.15, 0.2) is 17.0 Å². The molecule has 0 saturated heterocycles. The lowest BCUT2D eigenvalue weighted by atomic mass is 10.1. The molecule has 0 N–H and O–H groups in total. The van der Waals surface area contributed by atoms with E-state index in [-0.39, 0.29) is 0 Å². The Balaban J connectivity index is 2.63. The van der Waals surface area contributed by atoms with Crippen molar-refractivity contribution in [3.05, 3.63) is 22.8 Å². The molecule has 1 atom stereocenters. The fourth-order valence-corrected chi connectivity index (χ4v) is 1.72. The first-order chi connectivity index (χ1) is 6.74. The summed E-state index contributed by atoms with van der Waals surface area (Å²) < 4.78 is 2.72. The summed E-state index contributed by atoms with van der Waals surface area (Å²) in [6.45, 7) is 4.28. The smallest absolute Gasteiger partial charge is 0.193 e. The predicted molar refractivity (Wildman–Crippen MR) is 57.2 cm³/mol. The van der Waals surface area contributed by atoms with Crippen LogP contribution in [0.1, 0.15) is 32.0 Å². The van der Waals surface area contributed by atoms with E-state index in [9.17, 15) is 0 Å². The van der Waals surface area contributed by atoms with Gasteiger partial charge in [-0.05, 0) is 22.4 Å². The molecule has 5 heteroatoms. The second-order valence-electron chi connectivity index (χ2n) is 3.28. The van der Waals surface area contributed by atoms with Gasteiger partial charge in [0.2, 0.25) is 0 Å². The van der Waals surface area contributed by atoms with Crippen LogP contribution in [-0.4, -0.2) is 19.6 Å². The monoisotopic (exact) mass is 254 g/mol. The van der Waals surface area contributed by atoms with Gasteiger partial charge in [-0.3, -0.25) is 4.40 Å². The summed E-state index contributed by atoms with van der Waals surface area (Å²) in [5.41, 5.74) is 0.780. The van der Waals surface area contributed by atoms with Gasteiger partial charge in [0.25, 0.3) is 0 Å². The molecule has 4 nitrogen and oxygen atoms in total. The Morgan fingerprint density at radius 2 is 2.29 bits per heavy atom. The lowest BCUT2D eigenvalue weighted by molar-refractivity contribution is 0.668. The summed E-state index contributed by atoms with van der Waals surface area (Å²) in [6.07, 6.45) is 4.69. The molecule has 0 bridgehead atoms. The third-order valence-electron chi connectivity index (χ3n) is 2.36. The topological polar surface area (TPSA) is 43.1 Å². The van der Waals surface area contributed by atoms with Crippen molar-refractivity contribution in [2.75, 3.05) is 0 Å². The molecule has 74 valence electrons. The Kier molecular flexibility index (Phi) is 2.50. The zero-order chi connectivity index (χ0) is 10.1. The highest BCUT2D eigenvalue weighted by atomic mass is 79.9. The van der Waals surface area contributed by atoms with Crippen molar-refractivity contribution >= 4 is 21.6 Å². The lowest BCUT2D eigenvalue weighted by Crippen LogP contribution is -1.99. The Labute approximate surface area is 90.5 Å². The van der Waals surface area contributed by atoms with Gasteiger partial charge in [-0.1, -0.05) is 13.8 Å². The molecule has 14 heavy (non-hydrogen) atoms. The number of rotatable bonds is 2. The van der Waals surface area contributed by atoms with Crippen LogP contribution in [0.5, 0.6) is 0 Å². The Morgan fingerprint density at radius 1 is 1.50 bits per heavy atom. The molecule has 0 fully saturated rings. The van der Waals surface area contributed by atoms with Gasteiger partial charge >= 0.3 is 0 Å². The molecule has 1 unspecified atom stereocenters. The van der Waals surface area contributed by atoms with E-state index >= 15 is 0 Å². The maximum atomic E-state index is 4.17. The molecule has 0 amide bonds. The molecule has 2 aromatic rings. The zero-order valence-corrected chi connectivity index (χ0v) is 9.69. The number of nitrogens with zero attached hydrogens (tertiary/aromatic N) is 4. The van der Waals surface area contributed by atoms with Gasteiger partial charge in [0, 0.05) is 18.3 Å². The minimum Gasteiger partial charge on any atom is -0.282 e. The van der Waals surface area contributed by atoms with E-state index in [1.807, 2.05) is 10.6 Å². The van der Waals surface area contributed by atoms with Crippen LogP contribution in [0.2, 0.25) is 0 Å². The highest BCUT2D eigenvalue weighted by Crippen LogP contribution is 2.20. The lowest BCUT2D eigenvalue weighted by Gasteiger charge is -2.05. The number of fused-ring (bicyclic) bond motifs is 1. The van der Waals surface area contributed by atoms with Crippen LogP contribution in [0.25, 0.3) is 5.65 Å². The Bertz CT molecular complexity index is 451. The molecule has 0 spiro atoms. The van der Waals surface area contributed by atoms with Crippen molar-refractivity contribution in [2.45, 2.75) is 26.2 Å². The maximum absolute atomic E-state index is 4.17. The average molecular weight is 255 g/mol. The van der Waals surface area contributed by atoms with Crippen molar-refractivity contribution in [1.82, 2.24) is 19.6 Å². The first-order valence-corrected chi connectivity index (χ1v) is 5.38. The van der Waals surface area contributed by atoms with Gasteiger partial charge in [-0.25, -0.2) is 4.98 Å². The minimum absolute atomic E-state index is 0.416. The summed E-state index contributed by atoms with van der Waals surface area (Å²) in [7, 11) is 0. The number of halogens is 1. The van der Waals surface area contributed by atoms with Crippen LogP contribution in [0.3, 0.4) is 0 Å². The van der Waals surface area contributed by atoms with E-state index in [0.29, 0.717) is 5.92 Å². The minimum atomic E-state index is 0.416. The molecular formula is C9H11BrN4. The SMILES string of the molecule is CCC(C)c1nnc2c(Br)nccn12. The molecule has 0 aromatic carbocycles. The van der Waals surface area contributed by atoms with E-state index in [1.54, 1.807) is 6.20 Å². The van der Waals surface area contributed by atoms with E-state index < -0.39 is 0 Å². The van der Waals surface area contributed by atoms with Gasteiger partial charge in [0.1, 0.15) is 5.82 Å². The molecule has 0 aliphatic rings. The molecule has 2 heterocycles. The van der Waals surface area contributed by atoms with E-state index in [0.717, 1.165) is 22.5 Å². The molecule has 0 saturated carbocycles. The summed E-state index contributed by atoms with van der Waals surface area (Å²) in [5, 5.41) is 8.26. The van der Waals surface area contributed by atoms with Crippen molar-refractivity contribution in [3.63, 3.8) is 0 Å². The molecule has 0 aliphatic heterocycles. The third kappa shape index (κ3) is 1.41. The van der Waals surface area contributed by atoms with Gasteiger partial charge in [-0.2, -0.15) is 0 Å². The normalized spacial score (nSPS) is 13.4. The zero-order valence-electron chi connectivity index (χ0n) is 8.11. The summed E-state index contributed by atoms with van der Waals surface area (Å²) >= 11 is 3.35. The van der Waals surface area contributed by atoms with E-state index in [1.165, 1.54) is 0 Å². The number of aromatic nitrogens is 4. The summed E-state index contributed by atoms with van der Waals surface area (Å²) in [5.74, 6) is 1.41.